The van der Waals surface area contributed by atoms with Gasteiger partial charge in [-0.05, 0) is 35.4 Å². The molecule has 0 saturated heterocycles. The van der Waals surface area contributed by atoms with E-state index in [4.69, 9.17) is 21.1 Å². The molecule has 1 N–H and O–H groups in total. The molecule has 142 valence electrons. The fourth-order valence-electron chi connectivity index (χ4n) is 2.85. The first-order valence-corrected chi connectivity index (χ1v) is 10.1. The number of hydrogen-bond donors (Lipinski definition) is 1. The second kappa shape index (κ2) is 8.59. The van der Waals surface area contributed by atoms with E-state index in [0.29, 0.717) is 23.1 Å². The second-order valence-electron chi connectivity index (χ2n) is 6.24. The van der Waals surface area contributed by atoms with E-state index in [1.165, 1.54) is 0 Å². The van der Waals surface area contributed by atoms with Crippen LogP contribution >= 0.6 is 23.4 Å². The largest absolute Gasteiger partial charge is 0.493 e. The number of thioether (sulfide) groups is 1. The minimum absolute atomic E-state index is 0.0365. The average Bonchev–Trinajstić information content (AvgIpc) is 3.24. The number of benzene rings is 3. The zero-order valence-electron chi connectivity index (χ0n) is 15.3. The number of ether oxygens (including phenoxy) is 2. The summed E-state index contributed by atoms with van der Waals surface area (Å²) >= 11 is 7.61. The van der Waals surface area contributed by atoms with Gasteiger partial charge in [0.2, 0.25) is 0 Å². The third kappa shape index (κ3) is 4.26. The Bertz CT molecular complexity index is 978. The highest BCUT2D eigenvalue weighted by molar-refractivity contribution is 8.14. The maximum absolute atomic E-state index is 5.94. The van der Waals surface area contributed by atoms with Crippen LogP contribution in [0.3, 0.4) is 0 Å². The zero-order valence-corrected chi connectivity index (χ0v) is 16.8. The molecule has 0 fully saturated rings. The Morgan fingerprint density at radius 2 is 1.79 bits per heavy atom. The molecule has 0 aliphatic carbocycles. The third-order valence-corrected chi connectivity index (χ3v) is 5.75. The summed E-state index contributed by atoms with van der Waals surface area (Å²) in [5.41, 5.74) is 6.43. The van der Waals surface area contributed by atoms with Gasteiger partial charge in [0.05, 0.1) is 7.11 Å². The lowest BCUT2D eigenvalue weighted by Gasteiger charge is -2.15. The Hall–Kier alpha value is -2.63. The van der Waals surface area contributed by atoms with Crippen LogP contribution in [0.4, 0.5) is 0 Å². The van der Waals surface area contributed by atoms with Gasteiger partial charge in [-0.1, -0.05) is 71.9 Å². The Labute approximate surface area is 173 Å². The van der Waals surface area contributed by atoms with Crippen LogP contribution in [-0.4, -0.2) is 12.2 Å². The van der Waals surface area contributed by atoms with Crippen molar-refractivity contribution in [3.05, 3.63) is 94.5 Å². The molecule has 0 aromatic heterocycles. The van der Waals surface area contributed by atoms with Crippen molar-refractivity contribution in [3.63, 3.8) is 0 Å². The number of halogens is 1. The van der Waals surface area contributed by atoms with Crippen molar-refractivity contribution >= 4 is 28.4 Å². The highest BCUT2D eigenvalue weighted by Gasteiger charge is 2.23. The molecule has 0 bridgehead atoms. The van der Waals surface area contributed by atoms with Crippen molar-refractivity contribution in [1.82, 2.24) is 5.43 Å². The van der Waals surface area contributed by atoms with E-state index < -0.39 is 0 Å². The summed E-state index contributed by atoms with van der Waals surface area (Å²) in [7, 11) is 1.65. The standard InChI is InChI=1S/C22H19ClN2O2S/c1-26-20-13-17(22-25-24-21(28-22)16-5-3-2-4-6-16)9-12-19(20)27-14-15-7-10-18(23)11-8-15/h2-13,22,25H,14H2,1H3/t22-/m1/s1. The Balaban J connectivity index is 1.44. The molecule has 3 aromatic rings. The van der Waals surface area contributed by atoms with Gasteiger partial charge in [0.15, 0.2) is 11.5 Å². The summed E-state index contributed by atoms with van der Waals surface area (Å²) in [5, 5.41) is 6.20. The lowest BCUT2D eigenvalue weighted by molar-refractivity contribution is 0.284. The molecule has 28 heavy (non-hydrogen) atoms. The molecule has 4 nitrogen and oxygen atoms in total. The van der Waals surface area contributed by atoms with Gasteiger partial charge in [-0.15, -0.1) is 0 Å². The molecule has 6 heteroatoms. The smallest absolute Gasteiger partial charge is 0.161 e. The molecule has 1 aliphatic heterocycles. The fourth-order valence-corrected chi connectivity index (χ4v) is 3.96. The van der Waals surface area contributed by atoms with E-state index in [1.807, 2.05) is 60.7 Å². The summed E-state index contributed by atoms with van der Waals surface area (Å²) in [6.45, 7) is 0.449. The number of nitrogens with zero attached hydrogens (tertiary/aromatic N) is 1. The summed E-state index contributed by atoms with van der Waals surface area (Å²) in [6.07, 6.45) is 0. The van der Waals surface area contributed by atoms with Gasteiger partial charge < -0.3 is 9.47 Å². The van der Waals surface area contributed by atoms with Crippen LogP contribution in [0.5, 0.6) is 11.5 Å². The minimum atomic E-state index is 0.0365. The van der Waals surface area contributed by atoms with Crippen LogP contribution in [0, 0.1) is 0 Å². The first kappa shape index (κ1) is 18.7. The van der Waals surface area contributed by atoms with E-state index in [1.54, 1.807) is 18.9 Å². The molecular formula is C22H19ClN2O2S. The summed E-state index contributed by atoms with van der Waals surface area (Å²) in [6, 6.07) is 23.7. The van der Waals surface area contributed by atoms with Gasteiger partial charge in [-0.3, -0.25) is 5.43 Å². The third-order valence-electron chi connectivity index (χ3n) is 4.33. The average molecular weight is 411 g/mol. The summed E-state index contributed by atoms with van der Waals surface area (Å²) < 4.78 is 11.5. The number of nitrogens with one attached hydrogen (secondary N) is 1. The van der Waals surface area contributed by atoms with Crippen LogP contribution in [-0.2, 0) is 6.61 Å². The zero-order chi connectivity index (χ0) is 19.3. The quantitative estimate of drug-likeness (QED) is 0.572. The first-order valence-electron chi connectivity index (χ1n) is 8.83. The molecule has 1 aliphatic rings. The molecule has 0 unspecified atom stereocenters. The van der Waals surface area contributed by atoms with E-state index in [2.05, 4.69) is 22.7 Å². The lowest BCUT2D eigenvalue weighted by atomic mass is 10.2. The molecule has 0 radical (unpaired) electrons. The maximum Gasteiger partial charge on any atom is 0.161 e. The van der Waals surface area contributed by atoms with Crippen LogP contribution in [0.2, 0.25) is 5.02 Å². The minimum Gasteiger partial charge on any atom is -0.493 e. The van der Waals surface area contributed by atoms with Crippen molar-refractivity contribution in [2.75, 3.05) is 7.11 Å². The number of rotatable bonds is 6. The van der Waals surface area contributed by atoms with Crippen LogP contribution in [0.25, 0.3) is 0 Å². The van der Waals surface area contributed by atoms with Crippen molar-refractivity contribution in [1.29, 1.82) is 0 Å². The molecule has 0 amide bonds. The Kier molecular flexibility index (Phi) is 5.74. The SMILES string of the molecule is COc1cc([C@@H]2NN=C(c3ccccc3)S2)ccc1OCc1ccc(Cl)cc1. The molecule has 3 aromatic carbocycles. The Morgan fingerprint density at radius 3 is 2.54 bits per heavy atom. The number of hydrogen-bond acceptors (Lipinski definition) is 5. The molecule has 1 heterocycles. The van der Waals surface area contributed by atoms with Gasteiger partial charge in [0.25, 0.3) is 0 Å². The summed E-state index contributed by atoms with van der Waals surface area (Å²) in [5.74, 6) is 1.40. The predicted octanol–water partition coefficient (Wildman–Crippen LogP) is 5.62. The van der Waals surface area contributed by atoms with Gasteiger partial charge in [-0.2, -0.15) is 5.10 Å². The molecule has 4 rings (SSSR count). The lowest BCUT2D eigenvalue weighted by Crippen LogP contribution is -2.07. The van der Waals surface area contributed by atoms with Gasteiger partial charge in [0, 0.05) is 10.6 Å². The van der Waals surface area contributed by atoms with Crippen molar-refractivity contribution in [3.8, 4) is 11.5 Å². The monoisotopic (exact) mass is 410 g/mol. The van der Waals surface area contributed by atoms with E-state index in [0.717, 1.165) is 21.7 Å². The molecule has 1 atom stereocenters. The van der Waals surface area contributed by atoms with Crippen molar-refractivity contribution in [2.24, 2.45) is 5.10 Å². The van der Waals surface area contributed by atoms with E-state index in [-0.39, 0.29) is 5.37 Å². The highest BCUT2D eigenvalue weighted by Crippen LogP contribution is 2.38. The van der Waals surface area contributed by atoms with Crippen LogP contribution < -0.4 is 14.9 Å². The number of hydrazone groups is 1. The molecule has 0 saturated carbocycles. The predicted molar refractivity (Wildman–Crippen MR) is 115 cm³/mol. The first-order chi connectivity index (χ1) is 13.7. The van der Waals surface area contributed by atoms with Crippen molar-refractivity contribution in [2.45, 2.75) is 12.0 Å². The van der Waals surface area contributed by atoms with Gasteiger partial charge in [-0.25, -0.2) is 0 Å². The summed E-state index contributed by atoms with van der Waals surface area (Å²) in [4.78, 5) is 0. The second-order valence-corrected chi connectivity index (χ2v) is 7.77. The highest BCUT2D eigenvalue weighted by atomic mass is 35.5. The van der Waals surface area contributed by atoms with E-state index >= 15 is 0 Å². The van der Waals surface area contributed by atoms with Gasteiger partial charge >= 0.3 is 0 Å². The van der Waals surface area contributed by atoms with Crippen LogP contribution in [0.1, 0.15) is 22.1 Å². The van der Waals surface area contributed by atoms with E-state index in [9.17, 15) is 0 Å². The van der Waals surface area contributed by atoms with Crippen molar-refractivity contribution < 1.29 is 9.47 Å². The van der Waals surface area contributed by atoms with Gasteiger partial charge in [0.1, 0.15) is 17.0 Å². The van der Waals surface area contributed by atoms with Crippen LogP contribution in [0.15, 0.2) is 77.9 Å². The maximum atomic E-state index is 5.94. The molecular weight excluding hydrogens is 392 g/mol. The number of methoxy groups -OCH3 is 1. The fraction of sp³-hybridized carbons (Fsp3) is 0.136. The topological polar surface area (TPSA) is 42.8 Å². The normalized spacial score (nSPS) is 15.6. The Morgan fingerprint density at radius 1 is 1.00 bits per heavy atom. The molecule has 0 spiro atoms.